The quantitative estimate of drug-likeness (QED) is 0.467. The molecule has 1 nitrogen and oxygen atoms in total. The third-order valence-corrected chi connectivity index (χ3v) is 3.01. The highest BCUT2D eigenvalue weighted by Crippen LogP contribution is 2.37. The summed E-state index contributed by atoms with van der Waals surface area (Å²) < 4.78 is 0. The van der Waals surface area contributed by atoms with Crippen LogP contribution >= 0.6 is 0 Å². The number of hydrogen-bond acceptors (Lipinski definition) is 0. The highest BCUT2D eigenvalue weighted by molar-refractivity contribution is 6.34. The molecule has 2 aromatic carbocycles. The lowest BCUT2D eigenvalue weighted by atomic mass is 9.82. The van der Waals surface area contributed by atoms with Gasteiger partial charge in [-0.2, -0.15) is 0 Å². The minimum atomic E-state index is 0.286. The summed E-state index contributed by atoms with van der Waals surface area (Å²) in [6.45, 7) is 3.95. The SMILES string of the molecule is C=C1C(=[OH+])c2ccccc2-c2ccccc21. The maximum atomic E-state index is 10.1. The number of fused-ring (bicyclic) bond motifs is 3. The van der Waals surface area contributed by atoms with Gasteiger partial charge in [-0.3, -0.25) is 4.79 Å². The largest absolute Gasteiger partial charge is 0.354 e. The Morgan fingerprint density at radius 2 is 1.12 bits per heavy atom. The van der Waals surface area contributed by atoms with Crippen LogP contribution in [0.2, 0.25) is 0 Å². The summed E-state index contributed by atoms with van der Waals surface area (Å²) in [6, 6.07) is 15.9. The Kier molecular flexibility index (Phi) is 1.80. The lowest BCUT2D eigenvalue weighted by molar-refractivity contribution is 0.683. The van der Waals surface area contributed by atoms with Crippen LogP contribution in [0.25, 0.3) is 16.7 Å². The normalized spacial score (nSPS) is 13.2. The molecule has 1 heteroatoms. The van der Waals surface area contributed by atoms with Gasteiger partial charge < -0.3 is 0 Å². The van der Waals surface area contributed by atoms with Crippen LogP contribution in [-0.4, -0.2) is 10.6 Å². The van der Waals surface area contributed by atoms with Crippen LogP contribution in [0.1, 0.15) is 11.1 Å². The van der Waals surface area contributed by atoms with Gasteiger partial charge >= 0.3 is 5.78 Å². The molecule has 0 saturated heterocycles. The molecule has 3 rings (SSSR count). The van der Waals surface area contributed by atoms with E-state index in [4.69, 9.17) is 0 Å². The maximum absolute atomic E-state index is 10.1. The number of rotatable bonds is 0. The number of carbonyl (C=O) groups excluding carboxylic acids is 1. The van der Waals surface area contributed by atoms with Crippen LogP contribution in [-0.2, 0) is 0 Å². The summed E-state index contributed by atoms with van der Waals surface area (Å²) >= 11 is 0. The van der Waals surface area contributed by atoms with E-state index in [1.807, 2.05) is 42.5 Å². The molecule has 76 valence electrons. The summed E-state index contributed by atoms with van der Waals surface area (Å²) in [5, 5.41) is 0. The molecule has 16 heavy (non-hydrogen) atoms. The first-order valence-electron chi connectivity index (χ1n) is 5.23. The van der Waals surface area contributed by atoms with Crippen molar-refractivity contribution in [2.24, 2.45) is 0 Å². The molecule has 0 aromatic heterocycles. The maximum Gasteiger partial charge on any atom is 0.354 e. The van der Waals surface area contributed by atoms with Crippen molar-refractivity contribution in [2.75, 3.05) is 0 Å². The predicted molar refractivity (Wildman–Crippen MR) is 67.0 cm³/mol. The van der Waals surface area contributed by atoms with Gasteiger partial charge in [-0.1, -0.05) is 49.0 Å². The second-order valence-electron chi connectivity index (χ2n) is 3.92. The van der Waals surface area contributed by atoms with Crippen molar-refractivity contribution in [3.05, 3.63) is 66.2 Å². The van der Waals surface area contributed by atoms with E-state index in [9.17, 15) is 4.79 Å². The Labute approximate surface area is 94.0 Å². The Morgan fingerprint density at radius 3 is 1.75 bits per heavy atom. The number of ketones is 1. The van der Waals surface area contributed by atoms with Crippen molar-refractivity contribution >= 4 is 11.4 Å². The lowest BCUT2D eigenvalue weighted by Crippen LogP contribution is -2.11. The lowest BCUT2D eigenvalue weighted by Gasteiger charge is -2.16. The zero-order chi connectivity index (χ0) is 11.1. The minimum Gasteiger partial charge on any atom is -0.273 e. The van der Waals surface area contributed by atoms with Crippen molar-refractivity contribution < 1.29 is 4.79 Å². The average molecular weight is 207 g/mol. The van der Waals surface area contributed by atoms with Crippen LogP contribution < -0.4 is 0 Å². The molecule has 1 N–H and O–H groups in total. The summed E-state index contributed by atoms with van der Waals surface area (Å²) in [4.78, 5) is 10.1. The van der Waals surface area contributed by atoms with E-state index in [1.54, 1.807) is 0 Å². The third-order valence-electron chi connectivity index (χ3n) is 3.01. The first-order valence-corrected chi connectivity index (χ1v) is 5.23. The molecule has 0 radical (unpaired) electrons. The predicted octanol–water partition coefficient (Wildman–Crippen LogP) is 3.27. The second kappa shape index (κ2) is 3.17. The molecule has 0 saturated carbocycles. The summed E-state index contributed by atoms with van der Waals surface area (Å²) in [7, 11) is 0. The fourth-order valence-electron chi connectivity index (χ4n) is 2.20. The van der Waals surface area contributed by atoms with Crippen molar-refractivity contribution in [3.63, 3.8) is 0 Å². The second-order valence-corrected chi connectivity index (χ2v) is 3.92. The molecular weight excluding hydrogens is 196 g/mol. The van der Waals surface area contributed by atoms with E-state index in [2.05, 4.69) is 12.6 Å². The van der Waals surface area contributed by atoms with Crippen LogP contribution in [0, 0.1) is 0 Å². The van der Waals surface area contributed by atoms with Crippen LogP contribution in [0.15, 0.2) is 55.1 Å². The Morgan fingerprint density at radius 1 is 0.688 bits per heavy atom. The molecule has 0 heterocycles. The Balaban J connectivity index is 2.41. The van der Waals surface area contributed by atoms with E-state index in [-0.39, 0.29) is 5.78 Å². The van der Waals surface area contributed by atoms with Gasteiger partial charge in [0.05, 0.1) is 11.1 Å². The van der Waals surface area contributed by atoms with Gasteiger partial charge in [-0.15, -0.1) is 0 Å². The van der Waals surface area contributed by atoms with Gasteiger partial charge in [0.1, 0.15) is 0 Å². The van der Waals surface area contributed by atoms with Crippen molar-refractivity contribution in [2.45, 2.75) is 0 Å². The zero-order valence-corrected chi connectivity index (χ0v) is 8.77. The van der Waals surface area contributed by atoms with E-state index in [0.717, 1.165) is 22.3 Å². The average Bonchev–Trinajstić information content (AvgIpc) is 2.36. The summed E-state index contributed by atoms with van der Waals surface area (Å²) in [5.41, 5.74) is 4.79. The van der Waals surface area contributed by atoms with Gasteiger partial charge in [0.15, 0.2) is 0 Å². The van der Waals surface area contributed by atoms with E-state index in [0.29, 0.717) is 5.57 Å². The van der Waals surface area contributed by atoms with Gasteiger partial charge in [-0.05, 0) is 22.8 Å². The Hall–Kier alpha value is -2.15. The minimum absolute atomic E-state index is 0.286. The molecule has 1 aliphatic carbocycles. The molecule has 0 spiro atoms. The third kappa shape index (κ3) is 1.09. The molecule has 0 aliphatic heterocycles. The number of hydrogen-bond donors (Lipinski definition) is 0. The molecule has 2 aromatic rings. The smallest absolute Gasteiger partial charge is 0.273 e. The molecule has 0 amide bonds. The van der Waals surface area contributed by atoms with E-state index >= 15 is 0 Å². The fourth-order valence-corrected chi connectivity index (χ4v) is 2.20. The molecule has 1 aliphatic rings. The first kappa shape index (κ1) is 9.10. The highest BCUT2D eigenvalue weighted by atomic mass is 16.1. The fraction of sp³-hybridized carbons (Fsp3) is 0. The highest BCUT2D eigenvalue weighted by Gasteiger charge is 2.29. The first-order chi connectivity index (χ1) is 7.79. The molecule has 0 unspecified atom stereocenters. The summed E-state index contributed by atoms with van der Waals surface area (Å²) in [6.07, 6.45) is 0. The molecule has 0 fully saturated rings. The van der Waals surface area contributed by atoms with E-state index in [1.165, 1.54) is 0 Å². The summed E-state index contributed by atoms with van der Waals surface area (Å²) in [5.74, 6) is 0.286. The van der Waals surface area contributed by atoms with Gasteiger partial charge in [0.25, 0.3) is 0 Å². The van der Waals surface area contributed by atoms with Crippen LogP contribution in [0.5, 0.6) is 0 Å². The van der Waals surface area contributed by atoms with Gasteiger partial charge in [0.2, 0.25) is 0 Å². The Bertz CT molecular complexity index is 553. The van der Waals surface area contributed by atoms with Crippen LogP contribution in [0.4, 0.5) is 0 Å². The van der Waals surface area contributed by atoms with Crippen molar-refractivity contribution in [3.8, 4) is 11.1 Å². The monoisotopic (exact) mass is 207 g/mol. The molecule has 0 bridgehead atoms. The number of allylic oxidation sites excluding steroid dienone is 1. The zero-order valence-electron chi connectivity index (χ0n) is 8.77. The van der Waals surface area contributed by atoms with Crippen molar-refractivity contribution in [1.82, 2.24) is 0 Å². The molecular formula is C15H11O+. The number of benzene rings is 2. The van der Waals surface area contributed by atoms with Crippen molar-refractivity contribution in [1.29, 1.82) is 0 Å². The van der Waals surface area contributed by atoms with Gasteiger partial charge in [0, 0.05) is 0 Å². The standard InChI is InChI=1S/C15H10O/c1-10-11-6-2-3-7-12(11)13-8-4-5-9-14(13)15(10)16/h2-9H,1H2/p+1. The topological polar surface area (TPSA) is 21.4 Å². The van der Waals surface area contributed by atoms with Gasteiger partial charge in [-0.25, -0.2) is 0 Å². The van der Waals surface area contributed by atoms with Crippen LogP contribution in [0.3, 0.4) is 0 Å². The van der Waals surface area contributed by atoms with E-state index < -0.39 is 0 Å². The molecule has 0 atom stereocenters.